The monoisotopic (exact) mass is 576 g/mol. The van der Waals surface area contributed by atoms with Crippen molar-refractivity contribution in [2.24, 2.45) is 10.9 Å². The van der Waals surface area contributed by atoms with Crippen LogP contribution in [0.2, 0.25) is 0 Å². The van der Waals surface area contributed by atoms with Crippen LogP contribution in [0.15, 0.2) is 65.7 Å². The van der Waals surface area contributed by atoms with Crippen LogP contribution in [0.3, 0.4) is 0 Å². The number of benzene rings is 3. The number of carboxylic acids is 1. The van der Waals surface area contributed by atoms with Gasteiger partial charge in [-0.1, -0.05) is 12.0 Å². The van der Waals surface area contributed by atoms with E-state index in [0.717, 1.165) is 6.07 Å². The van der Waals surface area contributed by atoms with Gasteiger partial charge in [-0.05, 0) is 61.4 Å². The van der Waals surface area contributed by atoms with Crippen LogP contribution in [0, 0.1) is 24.1 Å². The van der Waals surface area contributed by atoms with Gasteiger partial charge in [0.05, 0.1) is 36.2 Å². The lowest BCUT2D eigenvalue weighted by atomic mass is 9.98. The SMILES string of the molecule is C#Cc1ccc(NC(=O)c2cccc(OC)c2N(Cl)C(=O)c2ccc(N=CN3CCC(C(=O)O)CC3)cc2F)cc1. The molecule has 0 radical (unpaired) electrons. The van der Waals surface area contributed by atoms with Gasteiger partial charge >= 0.3 is 5.97 Å². The second-order valence-electron chi connectivity index (χ2n) is 9.18. The van der Waals surface area contributed by atoms with Crippen molar-refractivity contribution in [2.75, 3.05) is 29.9 Å². The van der Waals surface area contributed by atoms with Gasteiger partial charge in [0.25, 0.3) is 11.8 Å². The molecule has 0 bridgehead atoms. The van der Waals surface area contributed by atoms with Crippen LogP contribution < -0.4 is 14.5 Å². The summed E-state index contributed by atoms with van der Waals surface area (Å²) in [7, 11) is 1.35. The lowest BCUT2D eigenvalue weighted by Gasteiger charge is -2.28. The van der Waals surface area contributed by atoms with Gasteiger partial charge < -0.3 is 20.1 Å². The Hall–Kier alpha value is -4.88. The van der Waals surface area contributed by atoms with Crippen molar-refractivity contribution in [2.45, 2.75) is 12.8 Å². The number of nitrogens with one attached hydrogen (secondary N) is 1. The van der Waals surface area contributed by atoms with Crippen LogP contribution in [0.4, 0.5) is 21.5 Å². The molecule has 210 valence electrons. The number of aliphatic imine (C=N–C) groups is 1. The highest BCUT2D eigenvalue weighted by Crippen LogP contribution is 2.35. The third-order valence-electron chi connectivity index (χ3n) is 6.58. The van der Waals surface area contributed by atoms with Crippen LogP contribution >= 0.6 is 11.8 Å². The van der Waals surface area contributed by atoms with E-state index in [2.05, 4.69) is 16.2 Å². The number of rotatable bonds is 8. The summed E-state index contributed by atoms with van der Waals surface area (Å²) in [5.41, 5.74) is 0.968. The van der Waals surface area contributed by atoms with Gasteiger partial charge in [0.15, 0.2) is 0 Å². The highest BCUT2D eigenvalue weighted by atomic mass is 35.5. The number of anilines is 2. The van der Waals surface area contributed by atoms with Crippen molar-refractivity contribution in [3.8, 4) is 18.1 Å². The quantitative estimate of drug-likeness (QED) is 0.162. The summed E-state index contributed by atoms with van der Waals surface area (Å²) < 4.78 is 21.1. The van der Waals surface area contributed by atoms with Gasteiger partial charge in [0.2, 0.25) is 0 Å². The fraction of sp³-hybridized carbons (Fsp3) is 0.200. The third kappa shape index (κ3) is 6.83. The average molecular weight is 577 g/mol. The number of carbonyl (C=O) groups is 3. The highest BCUT2D eigenvalue weighted by Gasteiger charge is 2.28. The summed E-state index contributed by atoms with van der Waals surface area (Å²) in [6.07, 6.45) is 7.90. The van der Waals surface area contributed by atoms with E-state index >= 15 is 4.39 Å². The standard InChI is InChI=1S/C30H26ClFN4O5/c1-3-19-7-9-21(10-8-19)34-28(37)24-5-4-6-26(41-2)27(24)36(31)29(38)23-12-11-22(17-25(23)32)33-18-35-15-13-20(14-16-35)30(39)40/h1,4-12,17-18,20H,13-16H2,2H3,(H,34,37)(H,39,40). The van der Waals surface area contributed by atoms with E-state index in [9.17, 15) is 14.4 Å². The Bertz CT molecular complexity index is 1530. The molecule has 3 aromatic rings. The van der Waals surface area contributed by atoms with Gasteiger partial charge in [-0.25, -0.2) is 13.8 Å². The summed E-state index contributed by atoms with van der Waals surface area (Å²) in [5.74, 6) is -0.946. The zero-order valence-electron chi connectivity index (χ0n) is 22.0. The van der Waals surface area contributed by atoms with Crippen molar-refractivity contribution >= 4 is 53.0 Å². The molecule has 0 aromatic heterocycles. The van der Waals surface area contributed by atoms with E-state index in [4.69, 9.17) is 28.0 Å². The van der Waals surface area contributed by atoms with Crippen LogP contribution in [-0.2, 0) is 4.79 Å². The van der Waals surface area contributed by atoms with Crippen molar-refractivity contribution in [3.63, 3.8) is 0 Å². The highest BCUT2D eigenvalue weighted by molar-refractivity contribution is 6.40. The van der Waals surface area contributed by atoms with Crippen LogP contribution in [0.25, 0.3) is 0 Å². The number of ether oxygens (including phenoxy) is 1. The molecule has 0 unspecified atom stereocenters. The average Bonchev–Trinajstić information content (AvgIpc) is 2.99. The molecule has 0 aliphatic carbocycles. The first-order valence-electron chi connectivity index (χ1n) is 12.6. The minimum absolute atomic E-state index is 0.0158. The molecule has 1 fully saturated rings. The maximum absolute atomic E-state index is 15.1. The second-order valence-corrected chi connectivity index (χ2v) is 9.51. The largest absolute Gasteiger partial charge is 0.494 e. The minimum atomic E-state index is -0.924. The maximum atomic E-state index is 15.1. The van der Waals surface area contributed by atoms with Crippen LogP contribution in [-0.4, -0.2) is 54.3 Å². The zero-order chi connectivity index (χ0) is 29.5. The number of likely N-dealkylation sites (tertiary alicyclic amines) is 1. The topological polar surface area (TPSA) is 112 Å². The molecule has 41 heavy (non-hydrogen) atoms. The number of terminal acetylenes is 1. The molecule has 2 N–H and O–H groups in total. The van der Waals surface area contributed by atoms with Crippen LogP contribution in [0.5, 0.6) is 5.75 Å². The van der Waals surface area contributed by atoms with E-state index in [-0.39, 0.29) is 34.2 Å². The Morgan fingerprint density at radius 2 is 1.85 bits per heavy atom. The smallest absolute Gasteiger partial charge is 0.306 e. The maximum Gasteiger partial charge on any atom is 0.306 e. The first kappa shape index (κ1) is 29.1. The van der Waals surface area contributed by atoms with E-state index in [1.54, 1.807) is 30.3 Å². The number of carbonyl (C=O) groups excluding carboxylic acids is 2. The minimum Gasteiger partial charge on any atom is -0.494 e. The first-order valence-corrected chi connectivity index (χ1v) is 12.9. The second kappa shape index (κ2) is 13.0. The molecule has 3 aromatic carbocycles. The van der Waals surface area contributed by atoms with Crippen molar-refractivity contribution in [3.05, 3.63) is 83.2 Å². The number of hydrogen-bond donors (Lipinski definition) is 2. The molecule has 0 spiro atoms. The number of halogens is 2. The van der Waals surface area contributed by atoms with Gasteiger partial charge in [-0.15, -0.1) is 6.42 Å². The van der Waals surface area contributed by atoms with E-state index < -0.39 is 23.6 Å². The van der Waals surface area contributed by atoms with Gasteiger partial charge in [-0.2, -0.15) is 0 Å². The Morgan fingerprint density at radius 1 is 1.15 bits per heavy atom. The predicted molar refractivity (Wildman–Crippen MR) is 154 cm³/mol. The Balaban J connectivity index is 1.52. The molecule has 1 heterocycles. The van der Waals surface area contributed by atoms with Gasteiger partial charge in [-0.3, -0.25) is 14.4 Å². The normalized spacial score (nSPS) is 13.5. The van der Waals surface area contributed by atoms with Crippen molar-refractivity contribution in [1.29, 1.82) is 0 Å². The number of amides is 2. The molecule has 2 amide bonds. The zero-order valence-corrected chi connectivity index (χ0v) is 22.8. The lowest BCUT2D eigenvalue weighted by molar-refractivity contribution is -0.143. The first-order chi connectivity index (χ1) is 19.7. The number of nitrogens with zero attached hydrogens (tertiary/aromatic N) is 3. The summed E-state index contributed by atoms with van der Waals surface area (Å²) in [4.78, 5) is 43.7. The molecule has 9 nitrogen and oxygen atoms in total. The summed E-state index contributed by atoms with van der Waals surface area (Å²) in [5, 5.41) is 11.8. The Labute approximate surface area is 241 Å². The van der Waals surface area contributed by atoms with Crippen molar-refractivity contribution in [1.82, 2.24) is 4.90 Å². The van der Waals surface area contributed by atoms with Crippen molar-refractivity contribution < 1.29 is 28.6 Å². The fourth-order valence-electron chi connectivity index (χ4n) is 4.30. The molecule has 0 saturated carbocycles. The number of aliphatic carboxylic acids is 1. The molecule has 11 heteroatoms. The number of para-hydroxylation sites is 1. The fourth-order valence-corrected chi connectivity index (χ4v) is 4.56. The number of hydrogen-bond acceptors (Lipinski definition) is 5. The van der Waals surface area contributed by atoms with E-state index in [1.165, 1.54) is 37.7 Å². The molecular formula is C30H26ClFN4O5. The third-order valence-corrected chi connectivity index (χ3v) is 6.90. The Morgan fingerprint density at radius 3 is 2.46 bits per heavy atom. The van der Waals surface area contributed by atoms with Gasteiger partial charge in [0.1, 0.15) is 17.3 Å². The molecule has 1 aliphatic rings. The molecule has 1 saturated heterocycles. The number of piperidine rings is 1. The summed E-state index contributed by atoms with van der Waals surface area (Å²) in [6.45, 7) is 1.04. The van der Waals surface area contributed by atoms with Gasteiger partial charge in [0, 0.05) is 42.2 Å². The number of methoxy groups -OCH3 is 1. The molecular weight excluding hydrogens is 551 g/mol. The van der Waals surface area contributed by atoms with E-state index in [0.29, 0.717) is 41.6 Å². The predicted octanol–water partition coefficient (Wildman–Crippen LogP) is 5.32. The summed E-state index contributed by atoms with van der Waals surface area (Å²) >= 11 is 6.43. The number of carboxylic acid groups (broad SMARTS) is 1. The summed E-state index contributed by atoms with van der Waals surface area (Å²) in [6, 6.07) is 14.9. The van der Waals surface area contributed by atoms with Crippen LogP contribution in [0.1, 0.15) is 39.1 Å². The Kier molecular flexibility index (Phi) is 9.22. The van der Waals surface area contributed by atoms with E-state index in [1.807, 2.05) is 4.90 Å². The molecule has 1 aliphatic heterocycles. The molecule has 4 rings (SSSR count). The lowest BCUT2D eigenvalue weighted by Crippen LogP contribution is -2.35. The molecule has 0 atom stereocenters.